The highest BCUT2D eigenvalue weighted by atomic mass is 127. The van der Waals surface area contributed by atoms with E-state index in [1.807, 2.05) is 29.2 Å². The van der Waals surface area contributed by atoms with Crippen LogP contribution >= 0.6 is 0 Å². The molecule has 0 atom stereocenters. The monoisotopic (exact) mass is 303 g/mol. The molecule has 0 heterocycles. The lowest BCUT2D eigenvalue weighted by Crippen LogP contribution is -3.59. The molecule has 14 heavy (non-hydrogen) atoms. The van der Waals surface area contributed by atoms with Gasteiger partial charge in [-0.25, -0.2) is 0 Å². The van der Waals surface area contributed by atoms with Gasteiger partial charge in [0.05, 0.1) is 0 Å². The van der Waals surface area contributed by atoms with Gasteiger partial charge in [0.2, 0.25) is 0 Å². The molecule has 1 aromatic carbocycles. The molecule has 0 aliphatic rings. The van der Waals surface area contributed by atoms with Gasteiger partial charge in [-0.3, -0.25) is 4.79 Å². The average molecular weight is 303 g/mol. The number of carbonyl (C=O) groups excluding carboxylic acids is 1. The third kappa shape index (κ3) is 4.41. The van der Waals surface area contributed by atoms with E-state index in [4.69, 9.17) is 4.74 Å². The van der Waals surface area contributed by atoms with Gasteiger partial charge in [0.25, 0.3) is 0 Å². The number of allylic oxidation sites excluding steroid dienone is 1. The molecule has 0 aliphatic carbocycles. The second kappa shape index (κ2) is 5.80. The zero-order valence-corrected chi connectivity index (χ0v) is 10.3. The van der Waals surface area contributed by atoms with Crippen LogP contribution in [0.15, 0.2) is 40.2 Å². The summed E-state index contributed by atoms with van der Waals surface area (Å²) in [5, 5.41) is 0. The summed E-state index contributed by atoms with van der Waals surface area (Å²) >= 11 is -0.185. The Hall–Kier alpha value is -0.840. The van der Waals surface area contributed by atoms with Gasteiger partial charge in [-0.1, -0.05) is 18.2 Å². The first-order valence-corrected chi connectivity index (χ1v) is 6.54. The van der Waals surface area contributed by atoms with Crippen molar-refractivity contribution < 1.29 is 30.7 Å². The van der Waals surface area contributed by atoms with E-state index in [1.54, 1.807) is 0 Å². The molecular formula is C11H12IO2+. The lowest BCUT2D eigenvalue weighted by Gasteiger charge is -1.94. The smallest absolute Gasteiger partial charge is 0.353 e. The first-order chi connectivity index (χ1) is 6.68. The van der Waals surface area contributed by atoms with E-state index in [0.29, 0.717) is 5.76 Å². The Morgan fingerprint density at radius 1 is 1.29 bits per heavy atom. The SMILES string of the molecule is CC(=O)O/C(C)=C\[I+]c1ccccc1. The fraction of sp³-hybridized carbons (Fsp3) is 0.182. The molecule has 0 N–H and O–H groups in total. The van der Waals surface area contributed by atoms with Gasteiger partial charge in [0, 0.05) is 6.92 Å². The van der Waals surface area contributed by atoms with Crippen LogP contribution in [0.4, 0.5) is 0 Å². The Morgan fingerprint density at radius 3 is 2.50 bits per heavy atom. The van der Waals surface area contributed by atoms with Crippen LogP contribution in [-0.4, -0.2) is 5.97 Å². The molecule has 2 nitrogen and oxygen atoms in total. The first-order valence-electron chi connectivity index (χ1n) is 4.22. The quantitative estimate of drug-likeness (QED) is 0.422. The summed E-state index contributed by atoms with van der Waals surface area (Å²) < 4.78 is 8.25. The second-order valence-electron chi connectivity index (χ2n) is 2.72. The van der Waals surface area contributed by atoms with E-state index in [1.165, 1.54) is 10.5 Å². The summed E-state index contributed by atoms with van der Waals surface area (Å²) in [4.78, 5) is 10.6. The van der Waals surface area contributed by atoms with E-state index in [9.17, 15) is 4.79 Å². The number of esters is 1. The molecule has 0 saturated heterocycles. The lowest BCUT2D eigenvalue weighted by molar-refractivity contribution is -0.558. The molecule has 74 valence electrons. The summed E-state index contributed by atoms with van der Waals surface area (Å²) in [6.45, 7) is 3.22. The van der Waals surface area contributed by atoms with Gasteiger partial charge in [0.1, 0.15) is 0 Å². The topological polar surface area (TPSA) is 26.3 Å². The maximum absolute atomic E-state index is 10.6. The summed E-state index contributed by atoms with van der Waals surface area (Å²) in [5.74, 6) is 0.449. The third-order valence-electron chi connectivity index (χ3n) is 1.37. The number of ether oxygens (including phenoxy) is 1. The van der Waals surface area contributed by atoms with Gasteiger partial charge >= 0.3 is 27.2 Å². The minimum atomic E-state index is -0.254. The lowest BCUT2D eigenvalue weighted by atomic mass is 10.4. The molecule has 0 spiro atoms. The summed E-state index contributed by atoms with van der Waals surface area (Å²) in [6.07, 6.45) is 0. The summed E-state index contributed by atoms with van der Waals surface area (Å²) in [5.41, 5.74) is 0. The Labute approximate surface area is 94.2 Å². The van der Waals surface area contributed by atoms with Crippen molar-refractivity contribution in [3.05, 3.63) is 43.7 Å². The maximum Gasteiger partial charge on any atom is 0.353 e. The highest BCUT2D eigenvalue weighted by Gasteiger charge is 2.08. The Balaban J connectivity index is 2.51. The molecule has 1 aromatic rings. The highest BCUT2D eigenvalue weighted by Crippen LogP contribution is 1.90. The molecule has 0 saturated carbocycles. The minimum absolute atomic E-state index is 0.185. The second-order valence-corrected chi connectivity index (χ2v) is 5.21. The number of hydrogen-bond donors (Lipinski definition) is 0. The molecule has 0 radical (unpaired) electrons. The van der Waals surface area contributed by atoms with Gasteiger partial charge in [-0.2, -0.15) is 0 Å². The Kier molecular flexibility index (Phi) is 4.65. The molecule has 0 amide bonds. The number of rotatable bonds is 3. The highest BCUT2D eigenvalue weighted by molar-refractivity contribution is 5.67. The molecular weight excluding hydrogens is 291 g/mol. The van der Waals surface area contributed by atoms with Crippen molar-refractivity contribution in [3.63, 3.8) is 0 Å². The molecule has 0 aromatic heterocycles. The average Bonchev–Trinajstić information content (AvgIpc) is 2.15. The number of carbonyl (C=O) groups is 1. The number of halogens is 1. The fourth-order valence-electron chi connectivity index (χ4n) is 0.876. The zero-order valence-electron chi connectivity index (χ0n) is 8.16. The van der Waals surface area contributed by atoms with E-state index < -0.39 is 0 Å². The molecule has 3 heteroatoms. The molecule has 0 unspecified atom stereocenters. The van der Waals surface area contributed by atoms with Gasteiger partial charge < -0.3 is 4.74 Å². The van der Waals surface area contributed by atoms with Crippen molar-refractivity contribution in [2.45, 2.75) is 13.8 Å². The van der Waals surface area contributed by atoms with E-state index in [2.05, 4.69) is 12.1 Å². The van der Waals surface area contributed by atoms with Crippen LogP contribution in [0.2, 0.25) is 0 Å². The molecule has 0 fully saturated rings. The van der Waals surface area contributed by atoms with Gasteiger partial charge in [-0.05, 0) is 19.1 Å². The number of hydrogen-bond acceptors (Lipinski definition) is 2. The van der Waals surface area contributed by atoms with Crippen molar-refractivity contribution in [3.8, 4) is 0 Å². The van der Waals surface area contributed by atoms with Gasteiger partial charge in [0.15, 0.2) is 13.4 Å². The van der Waals surface area contributed by atoms with Gasteiger partial charge in [-0.15, -0.1) is 0 Å². The van der Waals surface area contributed by atoms with Crippen LogP contribution in [0.25, 0.3) is 0 Å². The van der Waals surface area contributed by atoms with Crippen LogP contribution in [0, 0.1) is 3.57 Å². The van der Waals surface area contributed by atoms with Crippen LogP contribution in [0.1, 0.15) is 13.8 Å². The van der Waals surface area contributed by atoms with Crippen LogP contribution in [0.3, 0.4) is 0 Å². The Morgan fingerprint density at radius 2 is 1.93 bits per heavy atom. The van der Waals surface area contributed by atoms with Crippen LogP contribution in [0.5, 0.6) is 0 Å². The standard InChI is InChI=1S/C11H12IO2/c1-9(14-10(2)13)8-12-11-6-4-3-5-7-11/h3-8H,1-2H3/q+1/b9-8-. The minimum Gasteiger partial charge on any atom is -0.427 e. The predicted molar refractivity (Wildman–Crippen MR) is 50.7 cm³/mol. The fourth-order valence-corrected chi connectivity index (χ4v) is 2.63. The van der Waals surface area contributed by atoms with Crippen LogP contribution in [-0.2, 0) is 9.53 Å². The maximum atomic E-state index is 10.6. The normalized spacial score (nSPS) is 11.1. The van der Waals surface area contributed by atoms with E-state index >= 15 is 0 Å². The molecule has 0 bridgehead atoms. The molecule has 0 aliphatic heterocycles. The van der Waals surface area contributed by atoms with Crippen molar-refractivity contribution in [1.29, 1.82) is 0 Å². The summed E-state index contributed by atoms with van der Waals surface area (Å²) in [7, 11) is 0. The van der Waals surface area contributed by atoms with E-state index in [0.717, 1.165) is 0 Å². The largest absolute Gasteiger partial charge is 0.427 e. The number of benzene rings is 1. The Bertz CT molecular complexity index is 330. The summed E-state index contributed by atoms with van der Waals surface area (Å²) in [6, 6.07) is 10.2. The van der Waals surface area contributed by atoms with Crippen molar-refractivity contribution >= 4 is 5.97 Å². The zero-order chi connectivity index (χ0) is 10.4. The first kappa shape index (κ1) is 11.2. The van der Waals surface area contributed by atoms with Crippen molar-refractivity contribution in [2.24, 2.45) is 0 Å². The van der Waals surface area contributed by atoms with Crippen LogP contribution < -0.4 is 21.2 Å². The predicted octanol–water partition coefficient (Wildman–Crippen LogP) is -0.630. The van der Waals surface area contributed by atoms with Crippen molar-refractivity contribution in [1.82, 2.24) is 0 Å². The van der Waals surface area contributed by atoms with E-state index in [-0.39, 0.29) is 27.2 Å². The third-order valence-corrected chi connectivity index (χ3v) is 4.00. The molecule has 1 rings (SSSR count). The van der Waals surface area contributed by atoms with Crippen molar-refractivity contribution in [2.75, 3.05) is 0 Å².